The maximum atomic E-state index is 12.9. The first-order valence-electron chi connectivity index (χ1n) is 8.39. The Kier molecular flexibility index (Phi) is 2.38. The maximum absolute atomic E-state index is 12.9. The average molecular weight is 282 g/mol. The highest BCUT2D eigenvalue weighted by Gasteiger charge is 2.68. The topological polar surface area (TPSA) is 32.3 Å². The van der Waals surface area contributed by atoms with Crippen LogP contribution in [0.5, 0.6) is 0 Å². The monoisotopic (exact) mass is 282 g/mol. The van der Waals surface area contributed by atoms with Gasteiger partial charge in [0.25, 0.3) is 0 Å². The predicted octanol–water partition coefficient (Wildman–Crippen LogP) is 2.55. The van der Waals surface area contributed by atoms with E-state index >= 15 is 0 Å². The molecule has 1 heterocycles. The highest BCUT2D eigenvalue weighted by molar-refractivity contribution is 5.86. The summed E-state index contributed by atoms with van der Waals surface area (Å²) in [4.78, 5) is 15.1. The number of carbonyl (C=O) groups excluding carboxylic acids is 1. The summed E-state index contributed by atoms with van der Waals surface area (Å²) in [5, 5.41) is 3.51. The van der Waals surface area contributed by atoms with E-state index < -0.39 is 0 Å². The molecule has 1 aromatic rings. The Morgan fingerprint density at radius 3 is 2.43 bits per heavy atom. The Hall–Kier alpha value is -1.35. The van der Waals surface area contributed by atoms with E-state index in [0.29, 0.717) is 11.9 Å². The molecule has 1 N–H and O–H groups in total. The second-order valence-corrected chi connectivity index (χ2v) is 7.41. The molecule has 6 atom stereocenters. The minimum Gasteiger partial charge on any atom is -0.322 e. The minimum absolute atomic E-state index is 0.139. The Morgan fingerprint density at radius 2 is 1.76 bits per heavy atom. The third kappa shape index (κ3) is 1.56. The van der Waals surface area contributed by atoms with Gasteiger partial charge in [-0.2, -0.15) is 0 Å². The first-order chi connectivity index (χ1) is 10.3. The lowest BCUT2D eigenvalue weighted by Gasteiger charge is -2.24. The molecular weight excluding hydrogens is 260 g/mol. The lowest BCUT2D eigenvalue weighted by Crippen LogP contribution is -2.39. The summed E-state index contributed by atoms with van der Waals surface area (Å²) in [6, 6.07) is 10.6. The van der Waals surface area contributed by atoms with Gasteiger partial charge in [0, 0.05) is 6.04 Å². The molecule has 3 aliphatic carbocycles. The molecule has 110 valence electrons. The zero-order valence-corrected chi connectivity index (χ0v) is 12.4. The van der Waals surface area contributed by atoms with Gasteiger partial charge in [-0.15, -0.1) is 0 Å². The molecule has 1 amide bonds. The molecule has 0 aromatic heterocycles. The number of hydrogen-bond acceptors (Lipinski definition) is 2. The van der Waals surface area contributed by atoms with Gasteiger partial charge in [0.05, 0.1) is 6.17 Å². The second-order valence-electron chi connectivity index (χ2n) is 7.41. The van der Waals surface area contributed by atoms with Gasteiger partial charge in [-0.3, -0.25) is 10.1 Å². The summed E-state index contributed by atoms with van der Waals surface area (Å²) in [7, 11) is 0. The van der Waals surface area contributed by atoms with Crippen molar-refractivity contribution in [1.29, 1.82) is 0 Å². The smallest absolute Gasteiger partial charge is 0.245 e. The van der Waals surface area contributed by atoms with Crippen molar-refractivity contribution in [1.82, 2.24) is 10.2 Å². The number of nitrogens with one attached hydrogen (secondary N) is 1. The number of hydrogen-bond donors (Lipinski definition) is 1. The van der Waals surface area contributed by atoms with Gasteiger partial charge >= 0.3 is 0 Å². The highest BCUT2D eigenvalue weighted by Crippen LogP contribution is 2.67. The van der Waals surface area contributed by atoms with Gasteiger partial charge in [0.1, 0.15) is 6.04 Å². The highest BCUT2D eigenvalue weighted by atomic mass is 16.2. The summed E-state index contributed by atoms with van der Waals surface area (Å²) in [5.41, 5.74) is 1.10. The molecular formula is C18H22N2O. The molecule has 1 aliphatic heterocycles. The van der Waals surface area contributed by atoms with Crippen LogP contribution >= 0.6 is 0 Å². The van der Waals surface area contributed by atoms with Crippen LogP contribution in [-0.4, -0.2) is 23.0 Å². The lowest BCUT2D eigenvalue weighted by atomic mass is 10.0. The van der Waals surface area contributed by atoms with Crippen molar-refractivity contribution in [3.05, 3.63) is 35.9 Å². The molecule has 4 fully saturated rings. The van der Waals surface area contributed by atoms with Gasteiger partial charge < -0.3 is 4.90 Å². The van der Waals surface area contributed by atoms with E-state index in [4.69, 9.17) is 0 Å². The Bertz CT molecular complexity index is 570. The maximum Gasteiger partial charge on any atom is 0.245 e. The van der Waals surface area contributed by atoms with Crippen molar-refractivity contribution in [2.75, 3.05) is 0 Å². The second kappa shape index (κ2) is 4.10. The molecule has 3 heteroatoms. The molecule has 1 aromatic carbocycles. The molecule has 2 bridgehead atoms. The van der Waals surface area contributed by atoms with Gasteiger partial charge in [-0.25, -0.2) is 0 Å². The zero-order valence-electron chi connectivity index (χ0n) is 12.4. The van der Waals surface area contributed by atoms with Crippen LogP contribution in [0, 0.1) is 23.7 Å². The molecule has 0 spiro atoms. The van der Waals surface area contributed by atoms with E-state index in [1.165, 1.54) is 19.3 Å². The van der Waals surface area contributed by atoms with Crippen LogP contribution in [0.15, 0.2) is 30.3 Å². The molecule has 6 unspecified atom stereocenters. The van der Waals surface area contributed by atoms with Gasteiger partial charge in [-0.1, -0.05) is 30.3 Å². The first-order valence-corrected chi connectivity index (χ1v) is 8.39. The summed E-state index contributed by atoms with van der Waals surface area (Å²) in [5.74, 6) is 3.78. The van der Waals surface area contributed by atoms with E-state index in [2.05, 4.69) is 29.3 Å². The molecule has 21 heavy (non-hydrogen) atoms. The quantitative estimate of drug-likeness (QED) is 0.904. The summed E-state index contributed by atoms with van der Waals surface area (Å²) < 4.78 is 0. The van der Waals surface area contributed by atoms with Gasteiger partial charge in [0.2, 0.25) is 5.91 Å². The third-order valence-electron chi connectivity index (χ3n) is 6.48. The summed E-state index contributed by atoms with van der Waals surface area (Å²) in [6.45, 7) is 2.15. The fraction of sp³-hybridized carbons (Fsp3) is 0.611. The number of nitrogens with zero attached hydrogens (tertiary/aromatic N) is 1. The Labute approximate surface area is 125 Å². The SMILES string of the molecule is CC1NC(c2ccccc2)C(=O)N1C1C2C3CCC(C3)C21. The van der Waals surface area contributed by atoms with Crippen LogP contribution in [0.2, 0.25) is 0 Å². The fourth-order valence-corrected chi connectivity index (χ4v) is 5.67. The van der Waals surface area contributed by atoms with Crippen LogP contribution in [0.4, 0.5) is 0 Å². The third-order valence-corrected chi connectivity index (χ3v) is 6.48. The largest absolute Gasteiger partial charge is 0.322 e. The van der Waals surface area contributed by atoms with Gasteiger partial charge in [0.15, 0.2) is 0 Å². The molecule has 3 saturated carbocycles. The molecule has 1 saturated heterocycles. The number of fused-ring (bicyclic) bond motifs is 5. The van der Waals surface area contributed by atoms with Crippen molar-refractivity contribution >= 4 is 5.91 Å². The zero-order chi connectivity index (χ0) is 14.1. The van der Waals surface area contributed by atoms with Crippen LogP contribution in [0.1, 0.15) is 37.8 Å². The van der Waals surface area contributed by atoms with Crippen molar-refractivity contribution in [2.45, 2.75) is 44.4 Å². The van der Waals surface area contributed by atoms with E-state index in [9.17, 15) is 4.79 Å². The van der Waals surface area contributed by atoms with E-state index in [0.717, 1.165) is 29.2 Å². The van der Waals surface area contributed by atoms with Crippen LogP contribution in [-0.2, 0) is 4.79 Å². The number of benzene rings is 1. The van der Waals surface area contributed by atoms with Crippen LogP contribution in [0.3, 0.4) is 0 Å². The Balaban J connectivity index is 1.41. The summed E-state index contributed by atoms with van der Waals surface area (Å²) >= 11 is 0. The van der Waals surface area contributed by atoms with Crippen molar-refractivity contribution in [2.24, 2.45) is 23.7 Å². The fourth-order valence-electron chi connectivity index (χ4n) is 5.67. The number of amides is 1. The van der Waals surface area contributed by atoms with Crippen LogP contribution in [0.25, 0.3) is 0 Å². The average Bonchev–Trinajstić information content (AvgIpc) is 2.84. The number of carbonyl (C=O) groups is 1. The lowest BCUT2D eigenvalue weighted by molar-refractivity contribution is -0.131. The number of rotatable bonds is 2. The minimum atomic E-state index is -0.139. The molecule has 4 aliphatic rings. The van der Waals surface area contributed by atoms with E-state index in [1.54, 1.807) is 0 Å². The molecule has 5 rings (SSSR count). The molecule has 3 nitrogen and oxygen atoms in total. The van der Waals surface area contributed by atoms with Crippen molar-refractivity contribution in [3.63, 3.8) is 0 Å². The van der Waals surface area contributed by atoms with Crippen molar-refractivity contribution in [3.8, 4) is 0 Å². The normalized spacial score (nSPS) is 47.0. The molecule has 0 radical (unpaired) electrons. The Morgan fingerprint density at radius 1 is 1.10 bits per heavy atom. The van der Waals surface area contributed by atoms with Gasteiger partial charge in [-0.05, 0) is 55.4 Å². The van der Waals surface area contributed by atoms with E-state index in [1.807, 2.05) is 18.2 Å². The van der Waals surface area contributed by atoms with Crippen LogP contribution < -0.4 is 5.32 Å². The summed E-state index contributed by atoms with van der Waals surface area (Å²) in [6.07, 6.45) is 4.44. The first kappa shape index (κ1) is 12.2. The van der Waals surface area contributed by atoms with Crippen molar-refractivity contribution < 1.29 is 4.79 Å². The van der Waals surface area contributed by atoms with E-state index in [-0.39, 0.29) is 12.2 Å². The predicted molar refractivity (Wildman–Crippen MR) is 80.2 cm³/mol. The standard InChI is InChI=1S/C18H22N2O/c1-10-19-16(11-5-3-2-4-6-11)18(21)20(10)17-14-12-7-8-13(9-12)15(14)17/h2-6,10,12-17,19H,7-9H2,1H3.